The Morgan fingerprint density at radius 2 is 2.00 bits per heavy atom. The lowest BCUT2D eigenvalue weighted by atomic mass is 9.88. The van der Waals surface area contributed by atoms with Gasteiger partial charge in [0.25, 0.3) is 0 Å². The average Bonchev–Trinajstić information content (AvgIpc) is 2.72. The van der Waals surface area contributed by atoms with Gasteiger partial charge in [-0.1, -0.05) is 12.1 Å². The largest absolute Gasteiger partial charge is 0.489 e. The standard InChI is InChI=1S/C23H23NO5/c1-3-27-22(26)10-11-23(2)13-20(25)19-12-18(8-9-21(19)29-23)28-15-17-6-4-16(14-24)5-7-17/h4-9,12H,3,10-11,13,15H2,1-2H3. The van der Waals surface area contributed by atoms with E-state index in [4.69, 9.17) is 19.5 Å². The Morgan fingerprint density at radius 1 is 1.24 bits per heavy atom. The Bertz CT molecular complexity index is 945. The molecule has 0 amide bonds. The normalized spacial score (nSPS) is 17.6. The first-order valence-corrected chi connectivity index (χ1v) is 9.56. The van der Waals surface area contributed by atoms with Crippen LogP contribution in [0.4, 0.5) is 0 Å². The molecular formula is C23H23NO5. The van der Waals surface area contributed by atoms with E-state index in [1.807, 2.05) is 19.1 Å². The van der Waals surface area contributed by atoms with Crippen LogP contribution in [0.15, 0.2) is 42.5 Å². The lowest BCUT2D eigenvalue weighted by molar-refractivity contribution is -0.144. The fourth-order valence-electron chi connectivity index (χ4n) is 3.22. The number of carbonyl (C=O) groups excluding carboxylic acids is 2. The van der Waals surface area contributed by atoms with Crippen LogP contribution < -0.4 is 9.47 Å². The summed E-state index contributed by atoms with van der Waals surface area (Å²) in [6.07, 6.45) is 0.811. The van der Waals surface area contributed by atoms with Crippen molar-refractivity contribution in [3.05, 3.63) is 59.2 Å². The average molecular weight is 393 g/mol. The number of nitriles is 1. The number of benzene rings is 2. The molecule has 3 rings (SSSR count). The summed E-state index contributed by atoms with van der Waals surface area (Å²) in [5.74, 6) is 0.738. The number of ketones is 1. The number of hydrogen-bond acceptors (Lipinski definition) is 6. The molecule has 0 saturated heterocycles. The van der Waals surface area contributed by atoms with E-state index in [1.165, 1.54) is 0 Å². The monoisotopic (exact) mass is 393 g/mol. The molecule has 6 heteroatoms. The van der Waals surface area contributed by atoms with Crippen molar-refractivity contribution in [1.29, 1.82) is 5.26 Å². The number of ether oxygens (including phenoxy) is 3. The summed E-state index contributed by atoms with van der Waals surface area (Å²) in [5.41, 5.74) is 1.27. The van der Waals surface area contributed by atoms with Crippen LogP contribution in [-0.4, -0.2) is 24.0 Å². The number of hydrogen-bond donors (Lipinski definition) is 0. The van der Waals surface area contributed by atoms with Gasteiger partial charge in [0.2, 0.25) is 0 Å². The Morgan fingerprint density at radius 3 is 2.69 bits per heavy atom. The third kappa shape index (κ3) is 5.14. The minimum atomic E-state index is -0.734. The van der Waals surface area contributed by atoms with E-state index in [0.29, 0.717) is 42.3 Å². The molecule has 1 aliphatic heterocycles. The minimum Gasteiger partial charge on any atom is -0.489 e. The van der Waals surface area contributed by atoms with Crippen LogP contribution in [0.1, 0.15) is 54.6 Å². The Labute approximate surface area is 170 Å². The first kappa shape index (κ1) is 20.4. The van der Waals surface area contributed by atoms with Crippen LogP contribution in [0.2, 0.25) is 0 Å². The van der Waals surface area contributed by atoms with Crippen LogP contribution in [0.25, 0.3) is 0 Å². The molecule has 2 aromatic carbocycles. The van der Waals surface area contributed by atoms with Gasteiger partial charge in [0.1, 0.15) is 23.7 Å². The summed E-state index contributed by atoms with van der Waals surface area (Å²) >= 11 is 0. The maximum absolute atomic E-state index is 12.7. The van der Waals surface area contributed by atoms with Crippen LogP contribution in [0.3, 0.4) is 0 Å². The second-order valence-electron chi connectivity index (χ2n) is 7.21. The van der Waals surface area contributed by atoms with Gasteiger partial charge in [-0.15, -0.1) is 0 Å². The van der Waals surface area contributed by atoms with Crippen molar-refractivity contribution < 1.29 is 23.8 Å². The predicted octanol–water partition coefficient (Wildman–Crippen LogP) is 4.20. The molecule has 2 aromatic rings. The van der Waals surface area contributed by atoms with Gasteiger partial charge in [-0.3, -0.25) is 9.59 Å². The van der Waals surface area contributed by atoms with E-state index in [-0.39, 0.29) is 24.6 Å². The number of Topliss-reactive ketones (excluding diaryl/α,β-unsaturated/α-hetero) is 1. The van der Waals surface area contributed by atoms with Crippen molar-refractivity contribution in [3.8, 4) is 17.6 Å². The molecule has 0 spiro atoms. The SMILES string of the molecule is CCOC(=O)CCC1(C)CC(=O)c2cc(OCc3ccc(C#N)cc3)ccc2O1. The zero-order chi connectivity index (χ0) is 20.9. The summed E-state index contributed by atoms with van der Waals surface area (Å²) < 4.78 is 16.8. The second-order valence-corrected chi connectivity index (χ2v) is 7.21. The van der Waals surface area contributed by atoms with Crippen molar-refractivity contribution >= 4 is 11.8 Å². The lowest BCUT2D eigenvalue weighted by Gasteiger charge is -2.35. The molecule has 1 unspecified atom stereocenters. The maximum Gasteiger partial charge on any atom is 0.305 e. The Balaban J connectivity index is 1.65. The topological polar surface area (TPSA) is 85.6 Å². The molecule has 29 heavy (non-hydrogen) atoms. The summed E-state index contributed by atoms with van der Waals surface area (Å²) in [7, 11) is 0. The highest BCUT2D eigenvalue weighted by atomic mass is 16.5. The summed E-state index contributed by atoms with van der Waals surface area (Å²) in [6, 6.07) is 14.4. The zero-order valence-corrected chi connectivity index (χ0v) is 16.6. The van der Waals surface area contributed by atoms with Crippen molar-refractivity contribution in [2.75, 3.05) is 6.61 Å². The zero-order valence-electron chi connectivity index (χ0n) is 16.6. The molecule has 1 heterocycles. The highest BCUT2D eigenvalue weighted by molar-refractivity contribution is 6.00. The number of carbonyl (C=O) groups is 2. The van der Waals surface area contributed by atoms with E-state index in [1.54, 1.807) is 37.3 Å². The van der Waals surface area contributed by atoms with Gasteiger partial charge >= 0.3 is 5.97 Å². The van der Waals surface area contributed by atoms with Gasteiger partial charge < -0.3 is 14.2 Å². The van der Waals surface area contributed by atoms with Crippen molar-refractivity contribution in [2.45, 2.75) is 45.3 Å². The highest BCUT2D eigenvalue weighted by Crippen LogP contribution is 2.37. The van der Waals surface area contributed by atoms with Crippen molar-refractivity contribution in [2.24, 2.45) is 0 Å². The summed E-state index contributed by atoms with van der Waals surface area (Å²) in [6.45, 7) is 4.26. The van der Waals surface area contributed by atoms with Gasteiger partial charge in [-0.05, 0) is 56.2 Å². The van der Waals surface area contributed by atoms with Gasteiger partial charge in [-0.2, -0.15) is 5.26 Å². The first-order valence-electron chi connectivity index (χ1n) is 9.56. The first-order chi connectivity index (χ1) is 13.9. The van der Waals surface area contributed by atoms with Crippen LogP contribution >= 0.6 is 0 Å². The third-order valence-corrected chi connectivity index (χ3v) is 4.79. The quantitative estimate of drug-likeness (QED) is 0.655. The fraction of sp³-hybridized carbons (Fsp3) is 0.348. The predicted molar refractivity (Wildman–Crippen MR) is 106 cm³/mol. The van der Waals surface area contributed by atoms with Gasteiger partial charge in [-0.25, -0.2) is 0 Å². The molecule has 1 aliphatic rings. The van der Waals surface area contributed by atoms with Gasteiger partial charge in [0.15, 0.2) is 5.78 Å². The number of rotatable bonds is 7. The summed E-state index contributed by atoms with van der Waals surface area (Å²) in [5, 5.41) is 8.85. The second kappa shape index (κ2) is 8.78. The molecule has 0 radical (unpaired) electrons. The molecular weight excluding hydrogens is 370 g/mol. The molecule has 0 fully saturated rings. The summed E-state index contributed by atoms with van der Waals surface area (Å²) in [4.78, 5) is 24.3. The smallest absolute Gasteiger partial charge is 0.305 e. The molecule has 0 aliphatic carbocycles. The van der Waals surface area contributed by atoms with E-state index in [9.17, 15) is 9.59 Å². The van der Waals surface area contributed by atoms with Crippen molar-refractivity contribution in [3.63, 3.8) is 0 Å². The lowest BCUT2D eigenvalue weighted by Crippen LogP contribution is -2.39. The Hall–Kier alpha value is -3.33. The highest BCUT2D eigenvalue weighted by Gasteiger charge is 2.37. The van der Waals surface area contributed by atoms with E-state index in [0.717, 1.165) is 5.56 Å². The van der Waals surface area contributed by atoms with Crippen LogP contribution in [0.5, 0.6) is 11.5 Å². The molecule has 0 saturated carbocycles. The minimum absolute atomic E-state index is 0.0403. The molecule has 6 nitrogen and oxygen atoms in total. The van der Waals surface area contributed by atoms with Crippen molar-refractivity contribution in [1.82, 2.24) is 0 Å². The number of fused-ring (bicyclic) bond motifs is 1. The fourth-order valence-corrected chi connectivity index (χ4v) is 3.22. The molecule has 1 atom stereocenters. The van der Waals surface area contributed by atoms with Crippen LogP contribution in [-0.2, 0) is 16.1 Å². The third-order valence-electron chi connectivity index (χ3n) is 4.79. The number of nitrogens with zero attached hydrogens (tertiary/aromatic N) is 1. The van der Waals surface area contributed by atoms with Gasteiger partial charge in [0.05, 0.1) is 30.2 Å². The van der Waals surface area contributed by atoms with Gasteiger partial charge in [0, 0.05) is 6.42 Å². The molecule has 0 bridgehead atoms. The number of esters is 1. The van der Waals surface area contributed by atoms with E-state index >= 15 is 0 Å². The molecule has 150 valence electrons. The molecule has 0 N–H and O–H groups in total. The van der Waals surface area contributed by atoms with Crippen LogP contribution in [0, 0.1) is 11.3 Å². The van der Waals surface area contributed by atoms with E-state index in [2.05, 4.69) is 6.07 Å². The molecule has 0 aromatic heterocycles. The maximum atomic E-state index is 12.7. The Kier molecular flexibility index (Phi) is 6.18. The van der Waals surface area contributed by atoms with E-state index < -0.39 is 5.60 Å².